The lowest BCUT2D eigenvalue weighted by atomic mass is 10.1. The van der Waals surface area contributed by atoms with Crippen LogP contribution in [0.2, 0.25) is 0 Å². The average molecular weight is 269 g/mol. The molecule has 4 heteroatoms. The number of hydrogen-bond acceptors (Lipinski definition) is 3. The van der Waals surface area contributed by atoms with Crippen LogP contribution < -0.4 is 5.73 Å². The number of furan rings is 1. The highest BCUT2D eigenvalue weighted by atomic mass is 19.1. The number of benzene rings is 2. The molecule has 100 valence electrons. The second-order valence-corrected chi connectivity index (χ2v) is 4.61. The summed E-state index contributed by atoms with van der Waals surface area (Å²) in [6, 6.07) is 13.3. The fraction of sp³-hybridized carbons (Fsp3) is 0.0625. The van der Waals surface area contributed by atoms with Crippen molar-refractivity contribution in [1.29, 1.82) is 0 Å². The highest BCUT2D eigenvalue weighted by Crippen LogP contribution is 2.23. The number of hydrogen-bond donors (Lipinski definition) is 1. The Hall–Kier alpha value is -2.62. The summed E-state index contributed by atoms with van der Waals surface area (Å²) >= 11 is 0. The number of fused-ring (bicyclic) bond motifs is 1. The van der Waals surface area contributed by atoms with Gasteiger partial charge in [0, 0.05) is 17.5 Å². The minimum absolute atomic E-state index is 0.114. The van der Waals surface area contributed by atoms with Gasteiger partial charge in [0.15, 0.2) is 17.2 Å². The van der Waals surface area contributed by atoms with Crippen molar-refractivity contribution >= 4 is 22.4 Å². The number of para-hydroxylation sites is 1. The zero-order valence-corrected chi connectivity index (χ0v) is 10.6. The molecule has 3 aromatic rings. The lowest BCUT2D eigenvalue weighted by Crippen LogP contribution is -2.02. The standard InChI is InChI=1S/C16H12FNO2/c17-13-6-2-4-11-9-15(20-16(11)13)14(19)8-10-3-1-5-12(18)7-10/h1-7,9H,8,18H2. The molecule has 3 nitrogen and oxygen atoms in total. The van der Waals surface area contributed by atoms with Crippen LogP contribution in [0.3, 0.4) is 0 Å². The molecule has 0 aliphatic heterocycles. The minimum Gasteiger partial charge on any atom is -0.450 e. The van der Waals surface area contributed by atoms with Gasteiger partial charge in [-0.3, -0.25) is 4.79 Å². The summed E-state index contributed by atoms with van der Waals surface area (Å²) in [5, 5.41) is 0.584. The highest BCUT2D eigenvalue weighted by molar-refractivity contribution is 5.98. The SMILES string of the molecule is Nc1cccc(CC(=O)c2cc3cccc(F)c3o2)c1. The van der Waals surface area contributed by atoms with Crippen molar-refractivity contribution in [2.75, 3.05) is 5.73 Å². The smallest absolute Gasteiger partial charge is 0.202 e. The predicted molar refractivity (Wildman–Crippen MR) is 75.1 cm³/mol. The molecule has 1 aromatic heterocycles. The molecular formula is C16H12FNO2. The fourth-order valence-corrected chi connectivity index (χ4v) is 2.14. The summed E-state index contributed by atoms with van der Waals surface area (Å²) < 4.78 is 18.8. The number of halogens is 1. The third kappa shape index (κ3) is 2.28. The predicted octanol–water partition coefficient (Wildman–Crippen LogP) is 3.58. The van der Waals surface area contributed by atoms with Gasteiger partial charge in [-0.2, -0.15) is 0 Å². The fourth-order valence-electron chi connectivity index (χ4n) is 2.14. The maximum atomic E-state index is 13.5. The molecule has 0 aliphatic rings. The molecule has 1 heterocycles. The van der Waals surface area contributed by atoms with Crippen molar-refractivity contribution < 1.29 is 13.6 Å². The zero-order valence-electron chi connectivity index (χ0n) is 10.6. The van der Waals surface area contributed by atoms with Crippen molar-refractivity contribution in [3.05, 3.63) is 65.7 Å². The van der Waals surface area contributed by atoms with Gasteiger partial charge in [0.25, 0.3) is 0 Å². The number of nitrogen functional groups attached to an aromatic ring is 1. The molecule has 2 N–H and O–H groups in total. The van der Waals surface area contributed by atoms with Crippen molar-refractivity contribution in [1.82, 2.24) is 0 Å². The Labute approximate surface area is 114 Å². The second-order valence-electron chi connectivity index (χ2n) is 4.61. The topological polar surface area (TPSA) is 56.2 Å². The first-order chi connectivity index (χ1) is 9.63. The molecule has 0 amide bonds. The summed E-state index contributed by atoms with van der Waals surface area (Å²) in [6.07, 6.45) is 0.173. The van der Waals surface area contributed by atoms with E-state index in [0.29, 0.717) is 11.1 Å². The minimum atomic E-state index is -0.467. The van der Waals surface area contributed by atoms with Crippen molar-refractivity contribution in [3.63, 3.8) is 0 Å². The van der Waals surface area contributed by atoms with E-state index < -0.39 is 5.82 Å². The van der Waals surface area contributed by atoms with Crippen LogP contribution in [0, 0.1) is 5.82 Å². The van der Waals surface area contributed by atoms with Crippen LogP contribution in [0.4, 0.5) is 10.1 Å². The maximum Gasteiger partial charge on any atom is 0.202 e. The third-order valence-corrected chi connectivity index (χ3v) is 3.09. The molecule has 0 bridgehead atoms. The van der Waals surface area contributed by atoms with Gasteiger partial charge in [-0.15, -0.1) is 0 Å². The summed E-state index contributed by atoms with van der Waals surface area (Å²) in [5.74, 6) is -0.510. The van der Waals surface area contributed by atoms with E-state index in [1.165, 1.54) is 6.07 Å². The van der Waals surface area contributed by atoms with Gasteiger partial charge in [-0.1, -0.05) is 24.3 Å². The number of rotatable bonds is 3. The Morgan fingerprint density at radius 3 is 2.70 bits per heavy atom. The molecule has 0 unspecified atom stereocenters. The first-order valence-electron chi connectivity index (χ1n) is 6.19. The first kappa shape index (κ1) is 12.4. The summed E-state index contributed by atoms with van der Waals surface area (Å²) in [7, 11) is 0. The van der Waals surface area contributed by atoms with E-state index >= 15 is 0 Å². The Morgan fingerprint density at radius 2 is 1.95 bits per heavy atom. The van der Waals surface area contributed by atoms with Crippen molar-refractivity contribution in [2.24, 2.45) is 0 Å². The van der Waals surface area contributed by atoms with Gasteiger partial charge in [0.1, 0.15) is 0 Å². The van der Waals surface area contributed by atoms with Gasteiger partial charge < -0.3 is 10.2 Å². The van der Waals surface area contributed by atoms with E-state index in [1.54, 1.807) is 36.4 Å². The lowest BCUT2D eigenvalue weighted by molar-refractivity contribution is 0.0968. The molecule has 2 aromatic carbocycles. The maximum absolute atomic E-state index is 13.5. The van der Waals surface area contributed by atoms with Gasteiger partial charge in [-0.05, 0) is 29.8 Å². The van der Waals surface area contributed by atoms with Crippen LogP contribution in [0.1, 0.15) is 16.1 Å². The van der Waals surface area contributed by atoms with Gasteiger partial charge in [0.2, 0.25) is 5.78 Å². The highest BCUT2D eigenvalue weighted by Gasteiger charge is 2.15. The quantitative estimate of drug-likeness (QED) is 0.584. The summed E-state index contributed by atoms with van der Waals surface area (Å²) in [4.78, 5) is 12.1. The molecule has 0 radical (unpaired) electrons. The average Bonchev–Trinajstić information content (AvgIpc) is 2.84. The van der Waals surface area contributed by atoms with Crippen LogP contribution in [0.5, 0.6) is 0 Å². The van der Waals surface area contributed by atoms with Gasteiger partial charge in [0.05, 0.1) is 0 Å². The van der Waals surface area contributed by atoms with E-state index in [1.807, 2.05) is 6.07 Å². The van der Waals surface area contributed by atoms with Gasteiger partial charge >= 0.3 is 0 Å². The lowest BCUT2D eigenvalue weighted by Gasteiger charge is -2.00. The van der Waals surface area contributed by atoms with E-state index in [9.17, 15) is 9.18 Å². The number of anilines is 1. The van der Waals surface area contributed by atoms with Crippen molar-refractivity contribution in [3.8, 4) is 0 Å². The molecule has 0 fully saturated rings. The molecular weight excluding hydrogens is 257 g/mol. The Balaban J connectivity index is 1.91. The molecule has 3 rings (SSSR count). The largest absolute Gasteiger partial charge is 0.450 e. The number of nitrogens with two attached hydrogens (primary N) is 1. The Bertz CT molecular complexity index is 792. The van der Waals surface area contributed by atoms with E-state index in [4.69, 9.17) is 10.2 Å². The van der Waals surface area contributed by atoms with Crippen molar-refractivity contribution in [2.45, 2.75) is 6.42 Å². The van der Waals surface area contributed by atoms with E-state index in [0.717, 1.165) is 5.56 Å². The van der Waals surface area contributed by atoms with E-state index in [-0.39, 0.29) is 23.5 Å². The molecule has 0 spiro atoms. The molecule has 0 atom stereocenters. The summed E-state index contributed by atoms with van der Waals surface area (Å²) in [6.45, 7) is 0. The normalized spacial score (nSPS) is 10.8. The Kier molecular flexibility index (Phi) is 2.99. The molecule has 0 saturated heterocycles. The number of carbonyl (C=O) groups excluding carboxylic acids is 1. The zero-order chi connectivity index (χ0) is 14.1. The van der Waals surface area contributed by atoms with Crippen LogP contribution in [-0.2, 0) is 6.42 Å². The van der Waals surface area contributed by atoms with E-state index in [2.05, 4.69) is 0 Å². The first-order valence-corrected chi connectivity index (χ1v) is 6.19. The van der Waals surface area contributed by atoms with Crippen LogP contribution >= 0.6 is 0 Å². The molecule has 0 saturated carbocycles. The molecule has 0 aliphatic carbocycles. The summed E-state index contributed by atoms with van der Waals surface area (Å²) in [5.41, 5.74) is 7.19. The number of carbonyl (C=O) groups is 1. The third-order valence-electron chi connectivity index (χ3n) is 3.09. The van der Waals surface area contributed by atoms with Crippen LogP contribution in [-0.4, -0.2) is 5.78 Å². The van der Waals surface area contributed by atoms with Crippen LogP contribution in [0.15, 0.2) is 52.9 Å². The van der Waals surface area contributed by atoms with Gasteiger partial charge in [-0.25, -0.2) is 4.39 Å². The molecule has 20 heavy (non-hydrogen) atoms. The number of Topliss-reactive ketones (excluding diaryl/α,β-unsaturated/α-hetero) is 1. The Morgan fingerprint density at radius 1 is 1.15 bits per heavy atom. The monoisotopic (exact) mass is 269 g/mol. The number of ketones is 1. The second kappa shape index (κ2) is 4.81. The van der Waals surface area contributed by atoms with Crippen LogP contribution in [0.25, 0.3) is 11.0 Å².